The summed E-state index contributed by atoms with van der Waals surface area (Å²) in [4.78, 5) is 4.18. The fourth-order valence-corrected chi connectivity index (χ4v) is 1.39. The van der Waals surface area contributed by atoms with Gasteiger partial charge in [-0.3, -0.25) is 0 Å². The molecule has 0 radical (unpaired) electrons. The molecule has 0 aliphatic rings. The lowest BCUT2D eigenvalue weighted by molar-refractivity contribution is 0.757. The van der Waals surface area contributed by atoms with Crippen LogP contribution in [0.15, 0.2) is 30.6 Å². The summed E-state index contributed by atoms with van der Waals surface area (Å²) < 4.78 is 1.69. The number of nitriles is 1. The molecular weight excluding hydrogens is 200 g/mol. The summed E-state index contributed by atoms with van der Waals surface area (Å²) in [6.07, 6.45) is 3.48. The summed E-state index contributed by atoms with van der Waals surface area (Å²) in [5.74, 6) is 1.06. The van der Waals surface area contributed by atoms with Gasteiger partial charge in [0.15, 0.2) is 5.82 Å². The van der Waals surface area contributed by atoms with E-state index in [2.05, 4.69) is 30.0 Å². The summed E-state index contributed by atoms with van der Waals surface area (Å²) in [6, 6.07) is 7.45. The topological polar surface area (TPSA) is 54.5 Å². The maximum atomic E-state index is 8.79. The normalized spacial score (nSPS) is 10.4. The second-order valence-corrected chi connectivity index (χ2v) is 3.85. The standard InChI is InChI=1S/C12H12N4/c1-9(2)11-4-6-16(15-11)12-7-10(8-13)3-5-14-12/h3-7,9H,1-2H3. The monoisotopic (exact) mass is 212 g/mol. The molecule has 0 atom stereocenters. The molecule has 4 heteroatoms. The Labute approximate surface area is 94.2 Å². The van der Waals surface area contributed by atoms with Crippen LogP contribution in [0.5, 0.6) is 0 Å². The van der Waals surface area contributed by atoms with E-state index in [9.17, 15) is 0 Å². The van der Waals surface area contributed by atoms with E-state index in [1.54, 1.807) is 23.0 Å². The smallest absolute Gasteiger partial charge is 0.154 e. The van der Waals surface area contributed by atoms with Crippen molar-refractivity contribution in [3.63, 3.8) is 0 Å². The zero-order valence-corrected chi connectivity index (χ0v) is 9.25. The Bertz CT molecular complexity index is 534. The van der Waals surface area contributed by atoms with Gasteiger partial charge < -0.3 is 0 Å². The summed E-state index contributed by atoms with van der Waals surface area (Å²) in [6.45, 7) is 4.18. The van der Waals surface area contributed by atoms with Crippen LogP contribution in [0.3, 0.4) is 0 Å². The van der Waals surface area contributed by atoms with Gasteiger partial charge in [0.05, 0.1) is 17.3 Å². The summed E-state index contributed by atoms with van der Waals surface area (Å²) in [5.41, 5.74) is 1.61. The second kappa shape index (κ2) is 4.15. The van der Waals surface area contributed by atoms with Gasteiger partial charge in [0.25, 0.3) is 0 Å². The molecule has 0 N–H and O–H groups in total. The van der Waals surface area contributed by atoms with Crippen molar-refractivity contribution in [2.45, 2.75) is 19.8 Å². The van der Waals surface area contributed by atoms with Crippen molar-refractivity contribution >= 4 is 0 Å². The van der Waals surface area contributed by atoms with E-state index in [1.807, 2.05) is 12.3 Å². The predicted molar refractivity (Wildman–Crippen MR) is 60.2 cm³/mol. The van der Waals surface area contributed by atoms with Gasteiger partial charge in [-0.25, -0.2) is 9.67 Å². The molecule has 80 valence electrons. The Hall–Kier alpha value is -2.15. The molecule has 16 heavy (non-hydrogen) atoms. The molecule has 0 saturated heterocycles. The third-order valence-corrected chi connectivity index (χ3v) is 2.31. The lowest BCUT2D eigenvalue weighted by Crippen LogP contribution is -2.00. The van der Waals surface area contributed by atoms with Crippen LogP contribution in [-0.4, -0.2) is 14.8 Å². The van der Waals surface area contributed by atoms with Crippen molar-refractivity contribution in [3.05, 3.63) is 41.9 Å². The van der Waals surface area contributed by atoms with Crippen LogP contribution in [0.4, 0.5) is 0 Å². The van der Waals surface area contributed by atoms with Crippen molar-refractivity contribution in [2.75, 3.05) is 0 Å². The van der Waals surface area contributed by atoms with Gasteiger partial charge in [-0.15, -0.1) is 0 Å². The van der Waals surface area contributed by atoms with Gasteiger partial charge in [0.1, 0.15) is 0 Å². The minimum atomic E-state index is 0.389. The van der Waals surface area contributed by atoms with Gasteiger partial charge >= 0.3 is 0 Å². The molecule has 0 aliphatic carbocycles. The molecule has 2 aromatic rings. The van der Waals surface area contributed by atoms with Crippen LogP contribution in [0.1, 0.15) is 31.0 Å². The zero-order valence-electron chi connectivity index (χ0n) is 9.25. The summed E-state index contributed by atoms with van der Waals surface area (Å²) >= 11 is 0. The highest BCUT2D eigenvalue weighted by Gasteiger charge is 2.05. The van der Waals surface area contributed by atoms with Gasteiger partial charge in [0.2, 0.25) is 0 Å². The highest BCUT2D eigenvalue weighted by molar-refractivity contribution is 5.35. The number of aromatic nitrogens is 3. The van der Waals surface area contributed by atoms with Gasteiger partial charge in [-0.1, -0.05) is 13.8 Å². The number of rotatable bonds is 2. The third kappa shape index (κ3) is 1.94. The molecule has 2 rings (SSSR count). The van der Waals surface area contributed by atoms with E-state index in [1.165, 1.54) is 0 Å². The van der Waals surface area contributed by atoms with E-state index in [4.69, 9.17) is 5.26 Å². The van der Waals surface area contributed by atoms with Gasteiger partial charge in [-0.05, 0) is 18.1 Å². The maximum absolute atomic E-state index is 8.79. The van der Waals surface area contributed by atoms with E-state index < -0.39 is 0 Å². The molecule has 0 amide bonds. The molecule has 0 fully saturated rings. The van der Waals surface area contributed by atoms with Crippen molar-refractivity contribution in [3.8, 4) is 11.9 Å². The Morgan fingerprint density at radius 2 is 2.19 bits per heavy atom. The number of pyridine rings is 1. The maximum Gasteiger partial charge on any atom is 0.154 e. The lowest BCUT2D eigenvalue weighted by atomic mass is 10.1. The van der Waals surface area contributed by atoms with E-state index >= 15 is 0 Å². The fourth-order valence-electron chi connectivity index (χ4n) is 1.39. The number of hydrogen-bond donors (Lipinski definition) is 0. The molecule has 2 heterocycles. The Morgan fingerprint density at radius 3 is 2.81 bits per heavy atom. The molecule has 0 spiro atoms. The van der Waals surface area contributed by atoms with Crippen LogP contribution in [0, 0.1) is 11.3 Å². The Balaban J connectivity index is 2.39. The van der Waals surface area contributed by atoms with Crippen molar-refractivity contribution in [2.24, 2.45) is 0 Å². The van der Waals surface area contributed by atoms with Crippen molar-refractivity contribution in [1.82, 2.24) is 14.8 Å². The molecule has 0 unspecified atom stereocenters. The number of nitrogens with zero attached hydrogens (tertiary/aromatic N) is 4. The molecule has 0 aromatic carbocycles. The lowest BCUT2D eigenvalue weighted by Gasteiger charge is -2.01. The predicted octanol–water partition coefficient (Wildman–Crippen LogP) is 2.26. The minimum Gasteiger partial charge on any atom is -0.237 e. The second-order valence-electron chi connectivity index (χ2n) is 3.85. The van der Waals surface area contributed by atoms with Gasteiger partial charge in [-0.2, -0.15) is 10.4 Å². The van der Waals surface area contributed by atoms with E-state index in [-0.39, 0.29) is 0 Å². The van der Waals surface area contributed by atoms with Crippen LogP contribution in [0.2, 0.25) is 0 Å². The van der Waals surface area contributed by atoms with E-state index in [0.717, 1.165) is 5.69 Å². The molecule has 0 saturated carbocycles. The first-order chi connectivity index (χ1) is 7.70. The summed E-state index contributed by atoms with van der Waals surface area (Å²) in [7, 11) is 0. The molecule has 2 aromatic heterocycles. The first-order valence-electron chi connectivity index (χ1n) is 5.13. The molecule has 4 nitrogen and oxygen atoms in total. The average molecular weight is 212 g/mol. The SMILES string of the molecule is CC(C)c1ccn(-c2cc(C#N)ccn2)n1. The fraction of sp³-hybridized carbons (Fsp3) is 0.250. The highest BCUT2D eigenvalue weighted by Crippen LogP contribution is 2.13. The molecule has 0 aliphatic heterocycles. The van der Waals surface area contributed by atoms with Crippen LogP contribution in [0.25, 0.3) is 5.82 Å². The zero-order chi connectivity index (χ0) is 11.5. The minimum absolute atomic E-state index is 0.389. The van der Waals surface area contributed by atoms with Crippen molar-refractivity contribution < 1.29 is 0 Å². The van der Waals surface area contributed by atoms with Crippen LogP contribution >= 0.6 is 0 Å². The Kier molecular flexibility index (Phi) is 2.69. The number of hydrogen-bond acceptors (Lipinski definition) is 3. The molecule has 0 bridgehead atoms. The first kappa shape index (κ1) is 10.4. The first-order valence-corrected chi connectivity index (χ1v) is 5.13. The Morgan fingerprint density at radius 1 is 1.38 bits per heavy atom. The van der Waals surface area contributed by atoms with Crippen LogP contribution in [-0.2, 0) is 0 Å². The van der Waals surface area contributed by atoms with Gasteiger partial charge in [0, 0.05) is 18.5 Å². The van der Waals surface area contributed by atoms with Crippen LogP contribution < -0.4 is 0 Å². The average Bonchev–Trinajstić information content (AvgIpc) is 2.78. The quantitative estimate of drug-likeness (QED) is 0.767. The highest BCUT2D eigenvalue weighted by atomic mass is 15.3. The van der Waals surface area contributed by atoms with Crippen molar-refractivity contribution in [1.29, 1.82) is 5.26 Å². The third-order valence-electron chi connectivity index (χ3n) is 2.31. The largest absolute Gasteiger partial charge is 0.237 e. The molecular formula is C12H12N4. The summed E-state index contributed by atoms with van der Waals surface area (Å²) in [5, 5.41) is 13.2. The van der Waals surface area contributed by atoms with E-state index in [0.29, 0.717) is 17.3 Å².